The van der Waals surface area contributed by atoms with Gasteiger partial charge in [-0.3, -0.25) is 23.7 Å². The highest BCUT2D eigenvalue weighted by Crippen LogP contribution is 2.49. The maximum Gasteiger partial charge on any atom is 0.459 e. The van der Waals surface area contributed by atoms with Crippen molar-refractivity contribution < 1.29 is 41.8 Å². The summed E-state index contributed by atoms with van der Waals surface area (Å²) in [7, 11) is -4.46. The van der Waals surface area contributed by atoms with Gasteiger partial charge in [0.1, 0.15) is 30.7 Å². The Hall–Kier alpha value is -2.90. The van der Waals surface area contributed by atoms with Crippen molar-refractivity contribution in [3.05, 3.63) is 63.4 Å². The summed E-state index contributed by atoms with van der Waals surface area (Å²) in [6, 6.07) is 7.50. The van der Waals surface area contributed by atoms with Gasteiger partial charge in [0.15, 0.2) is 6.23 Å². The Balaban J connectivity index is 1.89. The van der Waals surface area contributed by atoms with Crippen LogP contribution in [0, 0.1) is 0 Å². The second kappa shape index (κ2) is 11.9. The molecule has 3 N–H and O–H groups in total. The smallest absolute Gasteiger partial charge is 0.459 e. The number of alkyl halides is 2. The summed E-state index contributed by atoms with van der Waals surface area (Å²) >= 11 is 0. The molecular formula is C23H30F2N3O9P. The van der Waals surface area contributed by atoms with E-state index in [1.165, 1.54) is 26.0 Å². The number of benzene rings is 1. The van der Waals surface area contributed by atoms with Crippen molar-refractivity contribution in [2.24, 2.45) is 0 Å². The highest BCUT2D eigenvalue weighted by atomic mass is 31.2. The fourth-order valence-electron chi connectivity index (χ4n) is 3.78. The number of carbonyl (C=O) groups excluding carboxylic acids is 1. The van der Waals surface area contributed by atoms with Crippen molar-refractivity contribution >= 4 is 13.7 Å². The zero-order valence-electron chi connectivity index (χ0n) is 21.1. The Labute approximate surface area is 216 Å². The molecule has 1 aromatic heterocycles. The number of esters is 1. The van der Waals surface area contributed by atoms with Crippen LogP contribution >= 0.6 is 7.75 Å². The van der Waals surface area contributed by atoms with Gasteiger partial charge < -0.3 is 19.1 Å². The van der Waals surface area contributed by atoms with Gasteiger partial charge in [0.25, 0.3) is 5.56 Å². The largest absolute Gasteiger partial charge is 0.462 e. The standard InChI is InChI=1S/C23H30F2N3O9P/c1-13(2)34-20(31)14(3)27-38(33,37-16-8-6-5-7-9-16)36-15(4)18-19(30)23(25,12-24)21(35-18)28-11-10-17(29)26-22(28)32/h5-11,13-15,18-19,21,30H,12H2,1-4H3,(H,27,33)(H,26,29,32)/t14-,15+,18+,19?,21+,23+,38-/m0/s1. The molecule has 1 unspecified atom stereocenters. The third-order valence-electron chi connectivity index (χ3n) is 5.60. The minimum atomic E-state index is -4.46. The van der Waals surface area contributed by atoms with Crippen LogP contribution in [0.25, 0.3) is 0 Å². The lowest BCUT2D eigenvalue weighted by atomic mass is 9.95. The number of rotatable bonds is 11. The molecule has 1 aliphatic heterocycles. The Bertz CT molecular complexity index is 1270. The number of ether oxygens (including phenoxy) is 2. The summed E-state index contributed by atoms with van der Waals surface area (Å²) in [5, 5.41) is 13.1. The average Bonchev–Trinajstić information content (AvgIpc) is 3.10. The SMILES string of the molecule is CC(C)OC(=O)[C@H](C)N[P@@](=O)(Oc1ccccc1)O[C@H](C)[C@H]1O[C@@H](n2ccc(=O)[nH]c2=O)[C@@](F)(CF)C1O. The molecule has 38 heavy (non-hydrogen) atoms. The number of para-hydroxylation sites is 1. The van der Waals surface area contributed by atoms with Crippen LogP contribution in [0.3, 0.4) is 0 Å². The van der Waals surface area contributed by atoms with Gasteiger partial charge in [0.2, 0.25) is 5.67 Å². The minimum Gasteiger partial charge on any atom is -0.462 e. The molecule has 0 spiro atoms. The van der Waals surface area contributed by atoms with Crippen LogP contribution in [0.15, 0.2) is 52.2 Å². The van der Waals surface area contributed by atoms with E-state index in [0.717, 1.165) is 12.3 Å². The van der Waals surface area contributed by atoms with E-state index in [0.29, 0.717) is 4.57 Å². The first kappa shape index (κ1) is 29.7. The van der Waals surface area contributed by atoms with Gasteiger partial charge in [0, 0.05) is 12.3 Å². The molecule has 1 saturated heterocycles. The summed E-state index contributed by atoms with van der Waals surface area (Å²) in [5.41, 5.74) is -5.01. The van der Waals surface area contributed by atoms with E-state index in [4.69, 9.17) is 18.5 Å². The third-order valence-corrected chi connectivity index (χ3v) is 7.37. The molecule has 7 atom stereocenters. The van der Waals surface area contributed by atoms with Gasteiger partial charge in [-0.05, 0) is 39.8 Å². The summed E-state index contributed by atoms with van der Waals surface area (Å²) in [4.78, 5) is 37.8. The quantitative estimate of drug-likeness (QED) is 0.274. The first-order valence-electron chi connectivity index (χ1n) is 11.7. The van der Waals surface area contributed by atoms with Crippen LogP contribution in [0.5, 0.6) is 5.75 Å². The maximum absolute atomic E-state index is 15.7. The second-order valence-electron chi connectivity index (χ2n) is 9.02. The van der Waals surface area contributed by atoms with Gasteiger partial charge in [0.05, 0.1) is 12.2 Å². The van der Waals surface area contributed by atoms with Crippen LogP contribution in [0.4, 0.5) is 8.78 Å². The van der Waals surface area contributed by atoms with E-state index in [1.54, 1.807) is 32.0 Å². The van der Waals surface area contributed by atoms with E-state index in [-0.39, 0.29) is 5.75 Å². The molecule has 1 aliphatic rings. The molecule has 2 aromatic rings. The van der Waals surface area contributed by atoms with Crippen molar-refractivity contribution in [2.45, 2.75) is 70.0 Å². The van der Waals surface area contributed by atoms with Gasteiger partial charge in [-0.1, -0.05) is 18.2 Å². The van der Waals surface area contributed by atoms with Gasteiger partial charge in [-0.15, -0.1) is 0 Å². The number of nitrogens with zero attached hydrogens (tertiary/aromatic N) is 1. The molecule has 0 amide bonds. The predicted molar refractivity (Wildman–Crippen MR) is 130 cm³/mol. The maximum atomic E-state index is 15.7. The minimum absolute atomic E-state index is 0.0918. The molecule has 0 aliphatic carbocycles. The average molecular weight is 561 g/mol. The molecular weight excluding hydrogens is 531 g/mol. The lowest BCUT2D eigenvalue weighted by Crippen LogP contribution is -2.48. The van der Waals surface area contributed by atoms with Gasteiger partial charge in [-0.2, -0.15) is 5.09 Å². The number of aromatic nitrogens is 2. The number of aliphatic hydroxyl groups excluding tert-OH is 1. The number of H-pyrrole nitrogens is 1. The highest BCUT2D eigenvalue weighted by Gasteiger charge is 2.61. The molecule has 1 aromatic carbocycles. The molecule has 2 heterocycles. The molecule has 12 nitrogen and oxygen atoms in total. The molecule has 0 bridgehead atoms. The predicted octanol–water partition coefficient (Wildman–Crippen LogP) is 1.99. The monoisotopic (exact) mass is 561 g/mol. The molecule has 1 fully saturated rings. The van der Waals surface area contributed by atoms with Crippen LogP contribution in [0.1, 0.15) is 33.9 Å². The van der Waals surface area contributed by atoms with E-state index in [9.17, 15) is 28.4 Å². The Morgan fingerprint density at radius 2 is 1.89 bits per heavy atom. The van der Waals surface area contributed by atoms with Crippen molar-refractivity contribution in [3.63, 3.8) is 0 Å². The molecule has 0 radical (unpaired) electrons. The summed E-state index contributed by atoms with van der Waals surface area (Å²) < 4.78 is 65.7. The van der Waals surface area contributed by atoms with Crippen molar-refractivity contribution in [2.75, 3.05) is 6.67 Å². The van der Waals surface area contributed by atoms with E-state index in [1.807, 2.05) is 4.98 Å². The summed E-state index contributed by atoms with van der Waals surface area (Å²) in [6.45, 7) is 4.10. The summed E-state index contributed by atoms with van der Waals surface area (Å²) in [6.07, 6.45) is -6.86. The highest BCUT2D eigenvalue weighted by molar-refractivity contribution is 7.52. The van der Waals surface area contributed by atoms with E-state index >= 15 is 4.39 Å². The number of hydrogen-bond donors (Lipinski definition) is 3. The van der Waals surface area contributed by atoms with Crippen LogP contribution < -0.4 is 20.9 Å². The normalized spacial score (nSPS) is 26.5. The first-order valence-corrected chi connectivity index (χ1v) is 13.2. The number of halogens is 2. The molecule has 3 rings (SSSR count). The van der Waals surface area contributed by atoms with E-state index < -0.39 is 74.0 Å². The fourth-order valence-corrected chi connectivity index (χ4v) is 5.47. The number of carbonyl (C=O) groups is 1. The molecule has 15 heteroatoms. The Morgan fingerprint density at radius 1 is 1.24 bits per heavy atom. The van der Waals surface area contributed by atoms with Crippen molar-refractivity contribution in [1.29, 1.82) is 0 Å². The zero-order chi connectivity index (χ0) is 28.3. The van der Waals surface area contributed by atoms with Gasteiger partial charge >= 0.3 is 19.4 Å². The van der Waals surface area contributed by atoms with Crippen LogP contribution in [-0.2, 0) is 23.4 Å². The van der Waals surface area contributed by atoms with Crippen molar-refractivity contribution in [3.8, 4) is 5.75 Å². The summed E-state index contributed by atoms with van der Waals surface area (Å²) in [5.74, 6) is -0.669. The third kappa shape index (κ3) is 6.56. The Kier molecular flexibility index (Phi) is 9.26. The lowest BCUT2D eigenvalue weighted by molar-refractivity contribution is -0.149. The second-order valence-corrected chi connectivity index (χ2v) is 10.7. The zero-order valence-corrected chi connectivity index (χ0v) is 22.0. The fraction of sp³-hybridized carbons (Fsp3) is 0.522. The van der Waals surface area contributed by atoms with Crippen molar-refractivity contribution in [1.82, 2.24) is 14.6 Å². The number of aliphatic hydroxyl groups is 1. The molecule has 0 saturated carbocycles. The number of hydrogen-bond acceptors (Lipinski definition) is 9. The van der Waals surface area contributed by atoms with Crippen LogP contribution in [0.2, 0.25) is 0 Å². The number of aromatic amines is 1. The Morgan fingerprint density at radius 3 is 2.47 bits per heavy atom. The lowest BCUT2D eigenvalue weighted by Gasteiger charge is -2.29. The topological polar surface area (TPSA) is 158 Å². The van der Waals surface area contributed by atoms with Crippen LogP contribution in [-0.4, -0.2) is 63.4 Å². The van der Waals surface area contributed by atoms with E-state index in [2.05, 4.69) is 5.09 Å². The molecule has 210 valence electrons. The number of nitrogens with one attached hydrogen (secondary N) is 2. The first-order chi connectivity index (χ1) is 17.8. The van der Waals surface area contributed by atoms with Gasteiger partial charge in [-0.25, -0.2) is 18.1 Å².